The van der Waals surface area contributed by atoms with Crippen molar-refractivity contribution in [2.24, 2.45) is 0 Å². The second kappa shape index (κ2) is 6.13. The minimum absolute atomic E-state index is 0.607. The fraction of sp³-hybridized carbons (Fsp3) is 0.417. The molecule has 1 aromatic rings. The predicted octanol–water partition coefficient (Wildman–Crippen LogP) is 3.97. The van der Waals surface area contributed by atoms with Crippen LogP contribution in [0.2, 0.25) is 0 Å². The molecule has 15 heavy (non-hydrogen) atoms. The van der Waals surface area contributed by atoms with Crippen molar-refractivity contribution in [3.05, 3.63) is 29.3 Å². The fourth-order valence-electron chi connectivity index (χ4n) is 1.32. The normalized spacial score (nSPS) is 10.1. The third-order valence-corrected chi connectivity index (χ3v) is 3.32. The Hall–Kier alpha value is -0.540. The molecular weight excluding hydrogens is 224 g/mol. The van der Waals surface area contributed by atoms with Crippen LogP contribution in [0.1, 0.15) is 25.0 Å². The van der Waals surface area contributed by atoms with Gasteiger partial charge in [-0.05, 0) is 55.9 Å². The smallest absolute Gasteiger partial charge is 0.224 e. The van der Waals surface area contributed by atoms with Gasteiger partial charge >= 0.3 is 0 Å². The van der Waals surface area contributed by atoms with Crippen LogP contribution in [0.15, 0.2) is 23.1 Å². The second-order valence-electron chi connectivity index (χ2n) is 3.25. The van der Waals surface area contributed by atoms with Gasteiger partial charge in [0.2, 0.25) is 4.38 Å². The topological polar surface area (TPSA) is 9.23 Å². The van der Waals surface area contributed by atoms with Crippen molar-refractivity contribution < 1.29 is 4.74 Å². The SMILES string of the molecule is CCOC(=S)Sc1ccc(C)cc1CC. The van der Waals surface area contributed by atoms with Crippen LogP contribution in [0.4, 0.5) is 0 Å². The molecule has 0 aliphatic rings. The quantitative estimate of drug-likeness (QED) is 0.584. The Morgan fingerprint density at radius 1 is 1.40 bits per heavy atom. The lowest BCUT2D eigenvalue weighted by Gasteiger charge is -2.09. The largest absolute Gasteiger partial charge is 0.479 e. The van der Waals surface area contributed by atoms with Gasteiger partial charge in [-0.15, -0.1) is 0 Å². The molecule has 1 aromatic carbocycles. The van der Waals surface area contributed by atoms with Gasteiger partial charge in [0.25, 0.3) is 0 Å². The maximum Gasteiger partial charge on any atom is 0.224 e. The summed E-state index contributed by atoms with van der Waals surface area (Å²) in [5, 5.41) is 0. The number of hydrogen-bond donors (Lipinski definition) is 0. The zero-order chi connectivity index (χ0) is 11.3. The van der Waals surface area contributed by atoms with E-state index in [1.54, 1.807) is 0 Å². The molecule has 0 atom stereocenters. The van der Waals surface area contributed by atoms with E-state index in [1.165, 1.54) is 27.8 Å². The number of benzene rings is 1. The highest BCUT2D eigenvalue weighted by Crippen LogP contribution is 2.26. The van der Waals surface area contributed by atoms with E-state index in [0.717, 1.165) is 6.42 Å². The average molecular weight is 240 g/mol. The molecule has 0 bridgehead atoms. The van der Waals surface area contributed by atoms with Gasteiger partial charge in [0.1, 0.15) is 0 Å². The van der Waals surface area contributed by atoms with Gasteiger partial charge in [0.05, 0.1) is 6.61 Å². The van der Waals surface area contributed by atoms with E-state index in [-0.39, 0.29) is 0 Å². The number of thiocarbonyl (C=S) groups is 1. The van der Waals surface area contributed by atoms with Crippen molar-refractivity contribution in [1.29, 1.82) is 0 Å². The molecule has 0 amide bonds. The Morgan fingerprint density at radius 3 is 2.73 bits per heavy atom. The van der Waals surface area contributed by atoms with Crippen LogP contribution in [0, 0.1) is 6.92 Å². The van der Waals surface area contributed by atoms with Gasteiger partial charge in [0.15, 0.2) is 0 Å². The minimum Gasteiger partial charge on any atom is -0.479 e. The summed E-state index contributed by atoms with van der Waals surface area (Å²) in [7, 11) is 0. The molecule has 0 saturated carbocycles. The number of aryl methyl sites for hydroxylation is 2. The first kappa shape index (κ1) is 12.5. The molecule has 1 nitrogen and oxygen atoms in total. The van der Waals surface area contributed by atoms with Crippen molar-refractivity contribution in [3.8, 4) is 0 Å². The lowest BCUT2D eigenvalue weighted by molar-refractivity contribution is 0.346. The van der Waals surface area contributed by atoms with E-state index in [9.17, 15) is 0 Å². The molecule has 0 heterocycles. The van der Waals surface area contributed by atoms with Crippen molar-refractivity contribution in [1.82, 2.24) is 0 Å². The van der Waals surface area contributed by atoms with Gasteiger partial charge in [-0.1, -0.05) is 24.6 Å². The van der Waals surface area contributed by atoms with Gasteiger partial charge in [-0.2, -0.15) is 0 Å². The second-order valence-corrected chi connectivity index (χ2v) is 4.89. The molecule has 0 unspecified atom stereocenters. The summed E-state index contributed by atoms with van der Waals surface area (Å²) in [4.78, 5) is 1.21. The molecule has 0 radical (unpaired) electrons. The zero-order valence-corrected chi connectivity index (χ0v) is 11.0. The highest BCUT2D eigenvalue weighted by molar-refractivity contribution is 8.22. The molecular formula is C12H16OS2. The fourth-order valence-corrected chi connectivity index (χ4v) is 2.54. The molecule has 1 rings (SSSR count). The molecule has 3 heteroatoms. The lowest BCUT2D eigenvalue weighted by atomic mass is 10.1. The Bertz CT molecular complexity index is 347. The van der Waals surface area contributed by atoms with Crippen molar-refractivity contribution >= 4 is 28.4 Å². The molecule has 0 aromatic heterocycles. The predicted molar refractivity (Wildman–Crippen MR) is 70.6 cm³/mol. The maximum absolute atomic E-state index is 5.27. The molecule has 0 aliphatic carbocycles. The number of rotatable bonds is 3. The lowest BCUT2D eigenvalue weighted by Crippen LogP contribution is -1.97. The summed E-state index contributed by atoms with van der Waals surface area (Å²) in [5.41, 5.74) is 2.63. The van der Waals surface area contributed by atoms with Gasteiger partial charge in [0, 0.05) is 4.90 Å². The van der Waals surface area contributed by atoms with Crippen LogP contribution < -0.4 is 0 Å². The standard InChI is InChI=1S/C12H16OS2/c1-4-10-8-9(3)6-7-11(10)15-12(14)13-5-2/h6-8H,4-5H2,1-3H3. The minimum atomic E-state index is 0.607. The van der Waals surface area contributed by atoms with Crippen LogP contribution in [0.25, 0.3) is 0 Å². The van der Waals surface area contributed by atoms with Crippen molar-refractivity contribution in [3.63, 3.8) is 0 Å². The van der Waals surface area contributed by atoms with E-state index < -0.39 is 0 Å². The zero-order valence-electron chi connectivity index (χ0n) is 9.37. The number of thioether (sulfide) groups is 1. The molecule has 82 valence electrons. The summed E-state index contributed by atoms with van der Waals surface area (Å²) < 4.78 is 5.88. The Morgan fingerprint density at radius 2 is 2.13 bits per heavy atom. The highest BCUT2D eigenvalue weighted by atomic mass is 32.2. The van der Waals surface area contributed by atoms with E-state index in [2.05, 4.69) is 32.0 Å². The highest BCUT2D eigenvalue weighted by Gasteiger charge is 2.05. The Kier molecular flexibility index (Phi) is 5.12. The summed E-state index contributed by atoms with van der Waals surface area (Å²) >= 11 is 6.65. The van der Waals surface area contributed by atoms with Gasteiger partial charge in [-0.3, -0.25) is 0 Å². The number of hydrogen-bond acceptors (Lipinski definition) is 3. The summed E-state index contributed by atoms with van der Waals surface area (Å²) in [6.07, 6.45) is 1.03. The van der Waals surface area contributed by atoms with Gasteiger partial charge < -0.3 is 4.74 Å². The van der Waals surface area contributed by atoms with Crippen LogP contribution in [0.5, 0.6) is 0 Å². The average Bonchev–Trinajstić information content (AvgIpc) is 2.21. The first-order chi connectivity index (χ1) is 7.17. The van der Waals surface area contributed by atoms with Crippen molar-refractivity contribution in [2.45, 2.75) is 32.1 Å². The molecule has 0 N–H and O–H groups in total. The summed E-state index contributed by atoms with van der Waals surface area (Å²) in [6.45, 7) is 6.85. The molecule has 0 aliphatic heterocycles. The van der Waals surface area contributed by atoms with Crippen molar-refractivity contribution in [2.75, 3.05) is 6.61 Å². The van der Waals surface area contributed by atoms with Gasteiger partial charge in [-0.25, -0.2) is 0 Å². The van der Waals surface area contributed by atoms with E-state index >= 15 is 0 Å². The van der Waals surface area contributed by atoms with Crippen LogP contribution >= 0.6 is 24.0 Å². The maximum atomic E-state index is 5.27. The molecule has 0 fully saturated rings. The van der Waals surface area contributed by atoms with E-state index in [1.807, 2.05) is 6.92 Å². The Balaban J connectivity index is 2.80. The summed E-state index contributed by atoms with van der Waals surface area (Å²) in [6, 6.07) is 6.43. The van der Waals surface area contributed by atoms with E-state index in [0.29, 0.717) is 11.0 Å². The third-order valence-electron chi connectivity index (χ3n) is 2.05. The molecule has 0 spiro atoms. The summed E-state index contributed by atoms with van der Waals surface area (Å²) in [5.74, 6) is 0. The first-order valence-corrected chi connectivity index (χ1v) is 6.34. The number of ether oxygens (including phenoxy) is 1. The first-order valence-electron chi connectivity index (χ1n) is 5.11. The van der Waals surface area contributed by atoms with Crippen LogP contribution in [0.3, 0.4) is 0 Å². The molecule has 0 saturated heterocycles. The van der Waals surface area contributed by atoms with Crippen LogP contribution in [-0.4, -0.2) is 11.0 Å². The Labute approximate surface area is 101 Å². The third kappa shape index (κ3) is 3.84. The van der Waals surface area contributed by atoms with Crippen LogP contribution in [-0.2, 0) is 11.2 Å². The monoisotopic (exact) mass is 240 g/mol. The van der Waals surface area contributed by atoms with E-state index in [4.69, 9.17) is 17.0 Å².